The van der Waals surface area contributed by atoms with E-state index in [4.69, 9.17) is 4.74 Å². The van der Waals surface area contributed by atoms with Crippen LogP contribution in [0.15, 0.2) is 30.3 Å². The van der Waals surface area contributed by atoms with Gasteiger partial charge in [-0.1, -0.05) is 43.7 Å². The number of rotatable bonds is 7. The molecule has 1 saturated carbocycles. The zero-order valence-electron chi connectivity index (χ0n) is 10.7. The van der Waals surface area contributed by atoms with Crippen molar-refractivity contribution in [3.05, 3.63) is 35.9 Å². The van der Waals surface area contributed by atoms with Gasteiger partial charge in [-0.2, -0.15) is 0 Å². The van der Waals surface area contributed by atoms with Crippen LogP contribution in [0.1, 0.15) is 37.9 Å². The molecule has 2 heteroatoms. The third-order valence-electron chi connectivity index (χ3n) is 3.53. The van der Waals surface area contributed by atoms with Crippen molar-refractivity contribution in [2.75, 3.05) is 19.7 Å². The van der Waals surface area contributed by atoms with Crippen LogP contribution in [0.4, 0.5) is 0 Å². The molecule has 1 aliphatic carbocycles. The molecule has 2 nitrogen and oxygen atoms in total. The van der Waals surface area contributed by atoms with Gasteiger partial charge in [-0.15, -0.1) is 0 Å². The minimum atomic E-state index is 0.309. The number of hydrogen-bond donors (Lipinski definition) is 1. The molecule has 0 spiro atoms. The fourth-order valence-corrected chi connectivity index (χ4v) is 2.32. The lowest BCUT2D eigenvalue weighted by molar-refractivity contribution is -0.0139. The van der Waals surface area contributed by atoms with Gasteiger partial charge in [0.15, 0.2) is 0 Å². The van der Waals surface area contributed by atoms with Crippen LogP contribution < -0.4 is 5.32 Å². The summed E-state index contributed by atoms with van der Waals surface area (Å²) in [5.41, 5.74) is 1.34. The molecule has 17 heavy (non-hydrogen) atoms. The highest BCUT2D eigenvalue weighted by molar-refractivity contribution is 5.18. The van der Waals surface area contributed by atoms with Crippen LogP contribution >= 0.6 is 0 Å². The first-order valence-electron chi connectivity index (χ1n) is 6.79. The fourth-order valence-electron chi connectivity index (χ4n) is 2.32. The molecule has 0 heterocycles. The summed E-state index contributed by atoms with van der Waals surface area (Å²) in [6.07, 6.45) is 4.31. The zero-order chi connectivity index (χ0) is 11.9. The third-order valence-corrected chi connectivity index (χ3v) is 3.53. The Morgan fingerprint density at radius 1 is 1.29 bits per heavy atom. The maximum absolute atomic E-state index is 6.07. The second kappa shape index (κ2) is 6.77. The first kappa shape index (κ1) is 12.6. The third kappa shape index (κ3) is 3.55. The molecule has 1 aromatic carbocycles. The predicted octanol–water partition coefficient (Wildman–Crippen LogP) is 3.15. The summed E-state index contributed by atoms with van der Waals surface area (Å²) in [6, 6.07) is 10.7. The summed E-state index contributed by atoms with van der Waals surface area (Å²) in [6.45, 7) is 4.90. The summed E-state index contributed by atoms with van der Waals surface area (Å²) >= 11 is 0. The maximum atomic E-state index is 6.07. The summed E-state index contributed by atoms with van der Waals surface area (Å²) in [7, 11) is 0. The first-order chi connectivity index (χ1) is 8.42. The highest BCUT2D eigenvalue weighted by Crippen LogP contribution is 2.39. The Hall–Kier alpha value is -0.860. The molecule has 2 rings (SSSR count). The lowest BCUT2D eigenvalue weighted by Crippen LogP contribution is -2.26. The molecule has 0 amide bonds. The van der Waals surface area contributed by atoms with Crippen molar-refractivity contribution in [2.24, 2.45) is 5.92 Å². The number of likely N-dealkylation sites (N-methyl/N-ethyl adjacent to an activating group) is 1. The standard InChI is InChI=1S/C15H23NO/c1-2-16-11-12-17-15(14-9-6-10-14)13-7-4-3-5-8-13/h3-5,7-8,14-16H,2,6,9-12H2,1H3/t15-/m1/s1. The van der Waals surface area contributed by atoms with Crippen LogP contribution in [0.25, 0.3) is 0 Å². The average molecular weight is 233 g/mol. The van der Waals surface area contributed by atoms with Crippen LogP contribution in [0.5, 0.6) is 0 Å². The van der Waals surface area contributed by atoms with Gasteiger partial charge in [0.05, 0.1) is 12.7 Å². The van der Waals surface area contributed by atoms with E-state index in [9.17, 15) is 0 Å². The monoisotopic (exact) mass is 233 g/mol. The van der Waals surface area contributed by atoms with E-state index in [-0.39, 0.29) is 0 Å². The van der Waals surface area contributed by atoms with E-state index >= 15 is 0 Å². The second-order valence-electron chi connectivity index (χ2n) is 4.75. The molecule has 0 radical (unpaired) electrons. The lowest BCUT2D eigenvalue weighted by atomic mass is 9.78. The van der Waals surface area contributed by atoms with Gasteiger partial charge in [0.1, 0.15) is 0 Å². The smallest absolute Gasteiger partial charge is 0.0853 e. The lowest BCUT2D eigenvalue weighted by Gasteiger charge is -2.34. The molecule has 0 saturated heterocycles. The SMILES string of the molecule is CCNCCO[C@H](c1ccccc1)C1CCC1. The van der Waals surface area contributed by atoms with Gasteiger partial charge in [0.25, 0.3) is 0 Å². The van der Waals surface area contributed by atoms with Gasteiger partial charge in [-0.3, -0.25) is 0 Å². The first-order valence-corrected chi connectivity index (χ1v) is 6.79. The molecule has 0 aliphatic heterocycles. The van der Waals surface area contributed by atoms with Gasteiger partial charge in [-0.05, 0) is 30.9 Å². The van der Waals surface area contributed by atoms with Gasteiger partial charge in [0.2, 0.25) is 0 Å². The van der Waals surface area contributed by atoms with E-state index in [0.29, 0.717) is 6.10 Å². The Balaban J connectivity index is 1.89. The summed E-state index contributed by atoms with van der Waals surface area (Å²) in [5.74, 6) is 0.735. The van der Waals surface area contributed by atoms with E-state index in [1.54, 1.807) is 0 Å². The van der Waals surface area contributed by atoms with Crippen molar-refractivity contribution in [3.8, 4) is 0 Å². The van der Waals surface area contributed by atoms with E-state index in [1.165, 1.54) is 24.8 Å². The fraction of sp³-hybridized carbons (Fsp3) is 0.600. The molecule has 94 valence electrons. The zero-order valence-corrected chi connectivity index (χ0v) is 10.7. The molecule has 1 aromatic rings. The summed E-state index contributed by atoms with van der Waals surface area (Å²) in [4.78, 5) is 0. The normalized spacial score (nSPS) is 17.7. The summed E-state index contributed by atoms with van der Waals surface area (Å²) < 4.78 is 6.07. The molecule has 1 atom stereocenters. The number of benzene rings is 1. The molecule has 0 unspecified atom stereocenters. The van der Waals surface area contributed by atoms with E-state index < -0.39 is 0 Å². The highest BCUT2D eigenvalue weighted by atomic mass is 16.5. The Bertz CT molecular complexity index is 308. The summed E-state index contributed by atoms with van der Waals surface area (Å²) in [5, 5.41) is 3.31. The van der Waals surface area contributed by atoms with Crippen LogP contribution in [-0.4, -0.2) is 19.7 Å². The van der Waals surface area contributed by atoms with Crippen molar-refractivity contribution >= 4 is 0 Å². The topological polar surface area (TPSA) is 21.3 Å². The number of nitrogens with one attached hydrogen (secondary N) is 1. The van der Waals surface area contributed by atoms with Crippen molar-refractivity contribution < 1.29 is 4.74 Å². The molecule has 1 fully saturated rings. The van der Waals surface area contributed by atoms with Crippen LogP contribution in [-0.2, 0) is 4.74 Å². The van der Waals surface area contributed by atoms with Crippen molar-refractivity contribution in [2.45, 2.75) is 32.3 Å². The van der Waals surface area contributed by atoms with Gasteiger partial charge in [-0.25, -0.2) is 0 Å². The van der Waals surface area contributed by atoms with Crippen molar-refractivity contribution in [1.29, 1.82) is 0 Å². The quantitative estimate of drug-likeness (QED) is 0.730. The second-order valence-corrected chi connectivity index (χ2v) is 4.75. The molecular weight excluding hydrogens is 210 g/mol. The van der Waals surface area contributed by atoms with Gasteiger partial charge >= 0.3 is 0 Å². The van der Waals surface area contributed by atoms with Gasteiger partial charge < -0.3 is 10.1 Å². The van der Waals surface area contributed by atoms with E-state index in [1.807, 2.05) is 0 Å². The van der Waals surface area contributed by atoms with Crippen molar-refractivity contribution in [3.63, 3.8) is 0 Å². The molecule has 0 bridgehead atoms. The van der Waals surface area contributed by atoms with Crippen LogP contribution in [0.3, 0.4) is 0 Å². The Kier molecular flexibility index (Phi) is 5.02. The largest absolute Gasteiger partial charge is 0.372 e. The maximum Gasteiger partial charge on any atom is 0.0853 e. The molecule has 0 aromatic heterocycles. The Morgan fingerprint density at radius 2 is 2.06 bits per heavy atom. The number of ether oxygens (including phenoxy) is 1. The minimum Gasteiger partial charge on any atom is -0.372 e. The van der Waals surface area contributed by atoms with Crippen LogP contribution in [0.2, 0.25) is 0 Å². The van der Waals surface area contributed by atoms with Crippen molar-refractivity contribution in [1.82, 2.24) is 5.32 Å². The van der Waals surface area contributed by atoms with Crippen LogP contribution in [0, 0.1) is 5.92 Å². The molecule has 1 aliphatic rings. The van der Waals surface area contributed by atoms with E-state index in [0.717, 1.165) is 25.6 Å². The Morgan fingerprint density at radius 3 is 2.65 bits per heavy atom. The van der Waals surface area contributed by atoms with E-state index in [2.05, 4.69) is 42.6 Å². The minimum absolute atomic E-state index is 0.309. The van der Waals surface area contributed by atoms with Gasteiger partial charge in [0, 0.05) is 6.54 Å². The molecule has 1 N–H and O–H groups in total. The highest BCUT2D eigenvalue weighted by Gasteiger charge is 2.28. The Labute approximate surface area is 104 Å². The predicted molar refractivity (Wildman–Crippen MR) is 71.0 cm³/mol. The number of hydrogen-bond acceptors (Lipinski definition) is 2. The molecular formula is C15H23NO. The average Bonchev–Trinajstić information content (AvgIpc) is 2.32.